The highest BCUT2D eigenvalue weighted by Crippen LogP contribution is 2.45. The van der Waals surface area contributed by atoms with Crippen molar-refractivity contribution in [3.8, 4) is 0 Å². The third-order valence-electron chi connectivity index (χ3n) is 6.83. The molecule has 0 radical (unpaired) electrons. The highest BCUT2D eigenvalue weighted by Gasteiger charge is 2.45. The van der Waals surface area contributed by atoms with Crippen molar-refractivity contribution in [3.05, 3.63) is 41.7 Å². The van der Waals surface area contributed by atoms with E-state index in [1.165, 1.54) is 6.20 Å². The quantitative estimate of drug-likeness (QED) is 0.644. The molecule has 2 aliphatic rings. The van der Waals surface area contributed by atoms with Crippen LogP contribution in [-0.4, -0.2) is 77.3 Å². The number of ether oxygens (including phenoxy) is 1. The van der Waals surface area contributed by atoms with E-state index in [1.807, 2.05) is 24.3 Å². The molecule has 0 bridgehead atoms. The number of urea groups is 1. The molecule has 178 valence electrons. The number of aliphatic carboxylic acids is 1. The molecule has 1 aromatic carbocycles. The average Bonchev–Trinajstić information content (AvgIpc) is 3.11. The number of benzene rings is 1. The maximum absolute atomic E-state index is 13.4. The van der Waals surface area contributed by atoms with E-state index >= 15 is 0 Å². The number of hydrogen-bond donors (Lipinski definition) is 3. The number of amides is 2. The summed E-state index contributed by atoms with van der Waals surface area (Å²) in [6, 6.07) is 7.35. The van der Waals surface area contributed by atoms with Gasteiger partial charge < -0.3 is 20.1 Å². The molecule has 8 nitrogen and oxygen atoms in total. The van der Waals surface area contributed by atoms with Gasteiger partial charge in [0.1, 0.15) is 0 Å². The minimum atomic E-state index is -1.06. The second-order valence-electron chi connectivity index (χ2n) is 9.77. The molecule has 8 heteroatoms. The fraction of sp³-hybridized carbons (Fsp3) is 0.520. The molecule has 2 aromatic rings. The molecule has 33 heavy (non-hydrogen) atoms. The van der Waals surface area contributed by atoms with Crippen LogP contribution in [0.5, 0.6) is 0 Å². The van der Waals surface area contributed by atoms with Gasteiger partial charge in [-0.05, 0) is 17.5 Å². The maximum Gasteiger partial charge on any atom is 0.339 e. The number of carboxylic acid groups (broad SMARTS) is 1. The number of rotatable bonds is 5. The molecule has 1 saturated heterocycles. The first-order valence-corrected chi connectivity index (χ1v) is 11.6. The van der Waals surface area contributed by atoms with Crippen LogP contribution in [0.25, 0.3) is 16.5 Å². The Morgan fingerprint density at radius 1 is 1.24 bits per heavy atom. The van der Waals surface area contributed by atoms with Gasteiger partial charge in [-0.25, -0.2) is 9.59 Å². The average molecular weight is 455 g/mol. The Morgan fingerprint density at radius 3 is 2.61 bits per heavy atom. The minimum absolute atomic E-state index is 0.0934. The van der Waals surface area contributed by atoms with E-state index in [9.17, 15) is 14.7 Å². The van der Waals surface area contributed by atoms with Gasteiger partial charge in [-0.2, -0.15) is 0 Å². The topological polar surface area (TPSA) is 97.9 Å². The van der Waals surface area contributed by atoms with Gasteiger partial charge in [0.25, 0.3) is 0 Å². The van der Waals surface area contributed by atoms with Crippen molar-refractivity contribution >= 4 is 28.5 Å². The van der Waals surface area contributed by atoms with Crippen molar-refractivity contribution in [2.75, 3.05) is 39.4 Å². The van der Waals surface area contributed by atoms with Crippen LogP contribution in [0.15, 0.2) is 30.5 Å². The number of carbonyl (C=O) groups excluding carboxylic acids is 1. The van der Waals surface area contributed by atoms with E-state index in [-0.39, 0.29) is 23.6 Å². The molecule has 1 atom stereocenters. The van der Waals surface area contributed by atoms with Gasteiger partial charge in [0.2, 0.25) is 0 Å². The number of morpholine rings is 1. The molecule has 2 aliphatic heterocycles. The van der Waals surface area contributed by atoms with E-state index in [0.29, 0.717) is 25.5 Å². The summed E-state index contributed by atoms with van der Waals surface area (Å²) in [7, 11) is 0. The molecule has 1 unspecified atom stereocenters. The molecule has 2 amide bonds. The molecule has 1 aromatic heterocycles. The number of fused-ring (bicyclic) bond motifs is 3. The highest BCUT2D eigenvalue weighted by atomic mass is 16.5. The van der Waals surface area contributed by atoms with Gasteiger partial charge in [-0.15, -0.1) is 0 Å². The summed E-state index contributed by atoms with van der Waals surface area (Å²) in [6.07, 6.45) is 1.51. The number of nitrogens with one attached hydrogen (secondary N) is 2. The van der Waals surface area contributed by atoms with Crippen molar-refractivity contribution in [1.82, 2.24) is 20.1 Å². The fourth-order valence-corrected chi connectivity index (χ4v) is 5.53. The van der Waals surface area contributed by atoms with E-state index in [2.05, 4.69) is 42.9 Å². The number of nitrogens with zero attached hydrogens (tertiary/aromatic N) is 2. The summed E-state index contributed by atoms with van der Waals surface area (Å²) in [6.45, 7) is 12.7. The van der Waals surface area contributed by atoms with Crippen LogP contribution in [0.3, 0.4) is 0 Å². The van der Waals surface area contributed by atoms with Crippen molar-refractivity contribution in [3.63, 3.8) is 0 Å². The lowest BCUT2D eigenvalue weighted by molar-refractivity contribution is -0.130. The van der Waals surface area contributed by atoms with Gasteiger partial charge >= 0.3 is 12.0 Å². The molecule has 0 saturated carbocycles. The number of aromatic nitrogens is 1. The number of carboxylic acids is 1. The van der Waals surface area contributed by atoms with Crippen LogP contribution < -0.4 is 5.32 Å². The summed E-state index contributed by atoms with van der Waals surface area (Å²) < 4.78 is 5.38. The zero-order valence-electron chi connectivity index (χ0n) is 19.9. The number of para-hydroxylation sites is 1. The Kier molecular flexibility index (Phi) is 6.50. The van der Waals surface area contributed by atoms with Crippen LogP contribution in [0.1, 0.15) is 39.0 Å². The molecule has 4 rings (SSSR count). The van der Waals surface area contributed by atoms with Crippen LogP contribution in [0, 0.1) is 5.92 Å². The summed E-state index contributed by atoms with van der Waals surface area (Å²) in [4.78, 5) is 33.0. The van der Waals surface area contributed by atoms with Crippen molar-refractivity contribution in [2.45, 2.75) is 39.2 Å². The lowest BCUT2D eigenvalue weighted by atomic mass is 9.72. The minimum Gasteiger partial charge on any atom is -0.478 e. The van der Waals surface area contributed by atoms with Gasteiger partial charge in [-0.1, -0.05) is 45.9 Å². The van der Waals surface area contributed by atoms with Gasteiger partial charge in [0.15, 0.2) is 0 Å². The summed E-state index contributed by atoms with van der Waals surface area (Å²) >= 11 is 0. The van der Waals surface area contributed by atoms with E-state index in [1.54, 1.807) is 4.90 Å². The molecule has 3 heterocycles. The third kappa shape index (κ3) is 4.37. The third-order valence-corrected chi connectivity index (χ3v) is 6.83. The lowest BCUT2D eigenvalue weighted by Gasteiger charge is -2.42. The monoisotopic (exact) mass is 454 g/mol. The molecular formula is C25H34N4O4. The maximum atomic E-state index is 13.4. The standard InChI is InChI=1S/C25H34N4O4/c1-16(2)22-25(3,4)20-17-7-5-6-8-19(17)27-21(20)18(23(30)31)15-29(22)24(32)26-9-10-28-11-13-33-14-12-28/h5-8,15-16,22,27H,9-14H2,1-4H3,(H,26,32)(H,30,31). The smallest absolute Gasteiger partial charge is 0.339 e. The number of H-pyrrole nitrogens is 1. The first-order chi connectivity index (χ1) is 15.7. The first-order valence-electron chi connectivity index (χ1n) is 11.6. The van der Waals surface area contributed by atoms with Gasteiger partial charge in [-0.3, -0.25) is 9.80 Å². The molecular weight excluding hydrogens is 420 g/mol. The molecule has 0 aliphatic carbocycles. The normalized spacial score (nSPS) is 20.9. The van der Waals surface area contributed by atoms with Gasteiger partial charge in [0, 0.05) is 54.7 Å². The van der Waals surface area contributed by atoms with Gasteiger partial charge in [0.05, 0.1) is 24.5 Å². The van der Waals surface area contributed by atoms with Crippen molar-refractivity contribution in [2.24, 2.45) is 5.92 Å². The highest BCUT2D eigenvalue weighted by molar-refractivity contribution is 6.17. The molecule has 3 N–H and O–H groups in total. The molecule has 1 fully saturated rings. The summed E-state index contributed by atoms with van der Waals surface area (Å²) in [5.41, 5.74) is 2.00. The summed E-state index contributed by atoms with van der Waals surface area (Å²) in [5, 5.41) is 14.1. The van der Waals surface area contributed by atoms with Crippen molar-refractivity contribution < 1.29 is 19.4 Å². The van der Waals surface area contributed by atoms with E-state index in [0.717, 1.165) is 36.1 Å². The Labute approximate surface area is 194 Å². The largest absolute Gasteiger partial charge is 0.478 e. The Bertz CT molecular complexity index is 1070. The van der Waals surface area contributed by atoms with Crippen LogP contribution in [0.4, 0.5) is 4.79 Å². The SMILES string of the molecule is CC(C)C1N(C(=O)NCCN2CCOCC2)C=C(C(=O)O)c2[nH]c3ccccc3c2C1(C)C. The lowest BCUT2D eigenvalue weighted by Crippen LogP contribution is -2.54. The van der Waals surface area contributed by atoms with E-state index in [4.69, 9.17) is 4.74 Å². The number of aromatic amines is 1. The second-order valence-corrected chi connectivity index (χ2v) is 9.77. The zero-order valence-corrected chi connectivity index (χ0v) is 19.9. The predicted octanol–water partition coefficient (Wildman–Crippen LogP) is 3.25. The van der Waals surface area contributed by atoms with Crippen LogP contribution in [-0.2, 0) is 14.9 Å². The summed E-state index contributed by atoms with van der Waals surface area (Å²) in [5.74, 6) is -0.968. The number of hydrogen-bond acceptors (Lipinski definition) is 4. The van der Waals surface area contributed by atoms with Crippen molar-refractivity contribution in [1.29, 1.82) is 0 Å². The Morgan fingerprint density at radius 2 is 1.94 bits per heavy atom. The Hall–Kier alpha value is -2.84. The Balaban J connectivity index is 1.71. The van der Waals surface area contributed by atoms with Crippen LogP contribution in [0.2, 0.25) is 0 Å². The fourth-order valence-electron chi connectivity index (χ4n) is 5.53. The predicted molar refractivity (Wildman–Crippen MR) is 128 cm³/mol. The van der Waals surface area contributed by atoms with Crippen LogP contribution >= 0.6 is 0 Å². The first kappa shape index (κ1) is 23.3. The molecule has 0 spiro atoms. The zero-order chi connectivity index (χ0) is 23.8. The second kappa shape index (κ2) is 9.19. The number of carbonyl (C=O) groups is 2. The van der Waals surface area contributed by atoms with E-state index < -0.39 is 11.4 Å².